The largest absolute Gasteiger partial charge is 0.480 e. The average Bonchev–Trinajstić information content (AvgIpc) is 2.64. The van der Waals surface area contributed by atoms with Crippen LogP contribution in [0.4, 0.5) is 0 Å². The lowest BCUT2D eigenvalue weighted by molar-refractivity contribution is -0.142. The predicted molar refractivity (Wildman–Crippen MR) is 63.7 cm³/mol. The lowest BCUT2D eigenvalue weighted by Crippen LogP contribution is -2.44. The van der Waals surface area contributed by atoms with Crippen LogP contribution in [0, 0.1) is 5.92 Å². The maximum atomic E-state index is 11.8. The summed E-state index contributed by atoms with van der Waals surface area (Å²) in [5.41, 5.74) is 4.93. The highest BCUT2D eigenvalue weighted by atomic mass is 16.4. The maximum Gasteiger partial charge on any atom is 0.326 e. The van der Waals surface area contributed by atoms with Gasteiger partial charge >= 0.3 is 5.97 Å². The molecule has 1 heterocycles. The molecule has 2 unspecified atom stereocenters. The highest BCUT2D eigenvalue weighted by Gasteiger charge is 2.34. The SMILES string of the molecule is CN1CC(C(=O)NC(CCC(N)=O)C(=O)O)CC1=O. The van der Waals surface area contributed by atoms with Crippen molar-refractivity contribution in [3.05, 3.63) is 0 Å². The maximum absolute atomic E-state index is 11.8. The summed E-state index contributed by atoms with van der Waals surface area (Å²) in [6.45, 7) is 0.271. The Bertz CT molecular complexity index is 409. The number of amides is 3. The molecule has 2 atom stereocenters. The highest BCUT2D eigenvalue weighted by Crippen LogP contribution is 2.16. The summed E-state index contributed by atoms with van der Waals surface area (Å²) < 4.78 is 0. The minimum Gasteiger partial charge on any atom is -0.480 e. The first-order chi connectivity index (χ1) is 8.81. The molecule has 1 aliphatic rings. The fourth-order valence-electron chi connectivity index (χ4n) is 1.87. The molecule has 0 aromatic carbocycles. The second-order valence-corrected chi connectivity index (χ2v) is 4.58. The minimum absolute atomic E-state index is 0.0626. The number of carbonyl (C=O) groups excluding carboxylic acids is 3. The second kappa shape index (κ2) is 6.17. The first kappa shape index (κ1) is 14.9. The quantitative estimate of drug-likeness (QED) is 0.530. The molecular formula is C11H17N3O5. The van der Waals surface area contributed by atoms with Gasteiger partial charge in [-0.3, -0.25) is 14.4 Å². The van der Waals surface area contributed by atoms with E-state index in [-0.39, 0.29) is 31.7 Å². The molecule has 0 saturated carbocycles. The third kappa shape index (κ3) is 4.23. The molecule has 0 aliphatic carbocycles. The third-order valence-corrected chi connectivity index (χ3v) is 3.01. The highest BCUT2D eigenvalue weighted by molar-refractivity contribution is 5.91. The Labute approximate surface area is 109 Å². The lowest BCUT2D eigenvalue weighted by Gasteiger charge is -2.16. The number of primary amides is 1. The molecule has 0 spiro atoms. The summed E-state index contributed by atoms with van der Waals surface area (Å²) >= 11 is 0. The van der Waals surface area contributed by atoms with Crippen molar-refractivity contribution in [1.29, 1.82) is 0 Å². The van der Waals surface area contributed by atoms with Gasteiger partial charge < -0.3 is 21.1 Å². The van der Waals surface area contributed by atoms with E-state index in [1.165, 1.54) is 4.90 Å². The lowest BCUT2D eigenvalue weighted by atomic mass is 10.1. The number of carboxylic acids is 1. The molecule has 106 valence electrons. The van der Waals surface area contributed by atoms with Crippen LogP contribution in [0.25, 0.3) is 0 Å². The molecule has 4 N–H and O–H groups in total. The van der Waals surface area contributed by atoms with Crippen LogP contribution in [-0.2, 0) is 19.2 Å². The number of rotatable bonds is 6. The number of carbonyl (C=O) groups is 4. The molecule has 0 aromatic rings. The van der Waals surface area contributed by atoms with Crippen LogP contribution >= 0.6 is 0 Å². The van der Waals surface area contributed by atoms with Gasteiger partial charge in [0, 0.05) is 26.4 Å². The summed E-state index contributed by atoms with van der Waals surface area (Å²) in [7, 11) is 1.58. The average molecular weight is 271 g/mol. The number of carboxylic acid groups (broad SMARTS) is 1. The van der Waals surface area contributed by atoms with E-state index in [0.29, 0.717) is 0 Å². The van der Waals surface area contributed by atoms with Crippen LogP contribution in [0.5, 0.6) is 0 Å². The van der Waals surface area contributed by atoms with Gasteiger partial charge in [-0.05, 0) is 6.42 Å². The molecule has 8 heteroatoms. The van der Waals surface area contributed by atoms with E-state index in [1.807, 2.05) is 0 Å². The Morgan fingerprint density at radius 3 is 2.58 bits per heavy atom. The Kier molecular flexibility index (Phi) is 4.85. The van der Waals surface area contributed by atoms with Crippen molar-refractivity contribution in [3.63, 3.8) is 0 Å². The zero-order chi connectivity index (χ0) is 14.6. The van der Waals surface area contributed by atoms with Gasteiger partial charge in [0.1, 0.15) is 6.04 Å². The number of nitrogens with two attached hydrogens (primary N) is 1. The van der Waals surface area contributed by atoms with Gasteiger partial charge in [-0.1, -0.05) is 0 Å². The van der Waals surface area contributed by atoms with E-state index >= 15 is 0 Å². The van der Waals surface area contributed by atoms with E-state index < -0.39 is 29.7 Å². The zero-order valence-electron chi connectivity index (χ0n) is 10.6. The van der Waals surface area contributed by atoms with Crippen LogP contribution in [0.15, 0.2) is 0 Å². The van der Waals surface area contributed by atoms with Crippen LogP contribution in [0.2, 0.25) is 0 Å². The first-order valence-corrected chi connectivity index (χ1v) is 5.86. The van der Waals surface area contributed by atoms with Crippen LogP contribution in [-0.4, -0.2) is 53.3 Å². The molecule has 8 nitrogen and oxygen atoms in total. The number of nitrogens with one attached hydrogen (secondary N) is 1. The van der Waals surface area contributed by atoms with Crippen molar-refractivity contribution >= 4 is 23.7 Å². The molecule has 0 aromatic heterocycles. The van der Waals surface area contributed by atoms with Gasteiger partial charge in [-0.25, -0.2) is 4.79 Å². The Hall–Kier alpha value is -2.12. The Morgan fingerprint density at radius 2 is 2.16 bits per heavy atom. The molecule has 1 rings (SSSR count). The molecule has 1 fully saturated rings. The number of hydrogen-bond acceptors (Lipinski definition) is 4. The monoisotopic (exact) mass is 271 g/mol. The Morgan fingerprint density at radius 1 is 1.53 bits per heavy atom. The summed E-state index contributed by atoms with van der Waals surface area (Å²) in [5, 5.41) is 11.3. The summed E-state index contributed by atoms with van der Waals surface area (Å²) in [4.78, 5) is 46.1. The summed E-state index contributed by atoms with van der Waals surface area (Å²) in [6, 6.07) is -1.17. The van der Waals surface area contributed by atoms with E-state index in [9.17, 15) is 19.2 Å². The van der Waals surface area contributed by atoms with Gasteiger partial charge in [0.2, 0.25) is 17.7 Å². The van der Waals surface area contributed by atoms with Crippen molar-refractivity contribution < 1.29 is 24.3 Å². The number of likely N-dealkylation sites (tertiary alicyclic amines) is 1. The molecule has 19 heavy (non-hydrogen) atoms. The fourth-order valence-corrected chi connectivity index (χ4v) is 1.87. The number of hydrogen-bond donors (Lipinski definition) is 3. The van der Waals surface area contributed by atoms with Gasteiger partial charge in [0.15, 0.2) is 0 Å². The van der Waals surface area contributed by atoms with Gasteiger partial charge in [-0.2, -0.15) is 0 Å². The van der Waals surface area contributed by atoms with Crippen molar-refractivity contribution in [3.8, 4) is 0 Å². The number of nitrogens with zero attached hydrogens (tertiary/aromatic N) is 1. The van der Waals surface area contributed by atoms with Crippen LogP contribution < -0.4 is 11.1 Å². The van der Waals surface area contributed by atoms with Gasteiger partial charge in [-0.15, -0.1) is 0 Å². The molecule has 1 aliphatic heterocycles. The Balaban J connectivity index is 2.54. The smallest absolute Gasteiger partial charge is 0.326 e. The van der Waals surface area contributed by atoms with Gasteiger partial charge in [0.05, 0.1) is 5.92 Å². The first-order valence-electron chi connectivity index (χ1n) is 5.86. The van der Waals surface area contributed by atoms with Crippen molar-refractivity contribution in [2.75, 3.05) is 13.6 Å². The topological polar surface area (TPSA) is 130 Å². The molecule has 1 saturated heterocycles. The minimum atomic E-state index is -1.23. The molecule has 0 radical (unpaired) electrons. The predicted octanol–water partition coefficient (Wildman–Crippen LogP) is -1.70. The summed E-state index contributed by atoms with van der Waals surface area (Å²) in [5.74, 6) is -3.05. The van der Waals surface area contributed by atoms with Crippen molar-refractivity contribution in [2.24, 2.45) is 11.7 Å². The fraction of sp³-hybridized carbons (Fsp3) is 0.636. The van der Waals surface area contributed by atoms with Crippen molar-refractivity contribution in [2.45, 2.75) is 25.3 Å². The van der Waals surface area contributed by atoms with Gasteiger partial charge in [0.25, 0.3) is 0 Å². The van der Waals surface area contributed by atoms with E-state index in [1.54, 1.807) is 7.05 Å². The second-order valence-electron chi connectivity index (χ2n) is 4.58. The standard InChI is InChI=1S/C11H17N3O5/c1-14-5-6(4-9(14)16)10(17)13-7(11(18)19)2-3-8(12)15/h6-7H,2-5H2,1H3,(H2,12,15)(H,13,17)(H,18,19). The van der Waals surface area contributed by atoms with E-state index in [2.05, 4.69) is 5.32 Å². The van der Waals surface area contributed by atoms with Crippen molar-refractivity contribution in [1.82, 2.24) is 10.2 Å². The van der Waals surface area contributed by atoms with Crippen LogP contribution in [0.1, 0.15) is 19.3 Å². The molecule has 3 amide bonds. The summed E-state index contributed by atoms with van der Waals surface area (Å²) in [6.07, 6.45) is -0.113. The van der Waals surface area contributed by atoms with E-state index in [0.717, 1.165) is 0 Å². The normalized spacial score (nSPS) is 20.2. The molecular weight excluding hydrogens is 254 g/mol. The van der Waals surface area contributed by atoms with Crippen LogP contribution in [0.3, 0.4) is 0 Å². The van der Waals surface area contributed by atoms with E-state index in [4.69, 9.17) is 10.8 Å². The third-order valence-electron chi connectivity index (χ3n) is 3.01. The number of aliphatic carboxylic acids is 1. The molecule has 0 bridgehead atoms. The zero-order valence-corrected chi connectivity index (χ0v) is 10.6.